The van der Waals surface area contributed by atoms with E-state index in [0.717, 1.165) is 24.5 Å². The van der Waals surface area contributed by atoms with E-state index in [4.69, 9.17) is 4.99 Å². The second-order valence-electron chi connectivity index (χ2n) is 5.23. The average Bonchev–Trinajstić information content (AvgIpc) is 2.54. The average molecular weight is 280 g/mol. The first-order valence-electron chi connectivity index (χ1n) is 7.15. The lowest BCUT2D eigenvalue weighted by molar-refractivity contribution is 0.568. The molecule has 0 saturated heterocycles. The number of anilines is 2. The van der Waals surface area contributed by atoms with E-state index in [1.165, 1.54) is 23.9 Å². The Morgan fingerprint density at radius 2 is 2.19 bits per heavy atom. The van der Waals surface area contributed by atoms with Crippen LogP contribution in [0.15, 0.2) is 41.8 Å². The first-order valence-corrected chi connectivity index (χ1v) is 7.15. The Morgan fingerprint density at radius 1 is 1.19 bits per heavy atom. The van der Waals surface area contributed by atoms with Crippen molar-refractivity contribution in [2.45, 2.75) is 25.3 Å². The Bertz CT molecular complexity index is 682. The summed E-state index contributed by atoms with van der Waals surface area (Å²) in [6.07, 6.45) is 6.64. The number of hydrazine groups is 1. The van der Waals surface area contributed by atoms with Crippen LogP contribution >= 0.6 is 0 Å². The lowest BCUT2D eigenvalue weighted by Crippen LogP contribution is -2.38. The second kappa shape index (κ2) is 5.05. The summed E-state index contributed by atoms with van der Waals surface area (Å²) < 4.78 is 0. The topological polar surface area (TPSA) is 74.2 Å². The molecule has 3 N–H and O–H groups in total. The first kappa shape index (κ1) is 12.1. The number of aliphatic imine (C=N–C) groups is 1. The van der Waals surface area contributed by atoms with Gasteiger partial charge in [-0.1, -0.05) is 12.1 Å². The number of rotatable bonds is 2. The number of guanidine groups is 1. The maximum atomic E-state index is 4.76. The van der Waals surface area contributed by atoms with Gasteiger partial charge in [0.05, 0.1) is 6.04 Å². The maximum absolute atomic E-state index is 4.76. The summed E-state index contributed by atoms with van der Waals surface area (Å²) in [5, 5.41) is 3.34. The molecule has 1 aliphatic carbocycles. The molecule has 0 amide bonds. The van der Waals surface area contributed by atoms with Crippen LogP contribution in [-0.4, -0.2) is 15.9 Å². The molecule has 106 valence electrons. The highest BCUT2D eigenvalue weighted by molar-refractivity contribution is 5.97. The standard InChI is InChI=1S/C15H16N6/c1-3-10-4-2-6-12-14(10)11(5-1)18-15(19-12)21-20-13-7-8-16-9-17-13/h1,3,5,7-9,12H,2,4,6H2,(H,16,17,20)(H2,18,19,21). The summed E-state index contributed by atoms with van der Waals surface area (Å²) in [5.41, 5.74) is 10.0. The van der Waals surface area contributed by atoms with Crippen LogP contribution in [0.1, 0.15) is 30.0 Å². The van der Waals surface area contributed by atoms with Crippen molar-refractivity contribution in [3.05, 3.63) is 47.9 Å². The zero-order valence-electron chi connectivity index (χ0n) is 11.5. The van der Waals surface area contributed by atoms with Gasteiger partial charge in [-0.05, 0) is 30.9 Å². The van der Waals surface area contributed by atoms with E-state index in [2.05, 4.69) is 44.3 Å². The number of hydrogen-bond acceptors (Lipinski definition) is 6. The van der Waals surface area contributed by atoms with Crippen LogP contribution in [0.4, 0.5) is 11.5 Å². The van der Waals surface area contributed by atoms with E-state index in [1.807, 2.05) is 0 Å². The van der Waals surface area contributed by atoms with Gasteiger partial charge in [-0.25, -0.2) is 15.0 Å². The Balaban J connectivity index is 1.55. The number of hydrogen-bond donors (Lipinski definition) is 3. The lowest BCUT2D eigenvalue weighted by Gasteiger charge is -2.30. The lowest BCUT2D eigenvalue weighted by atomic mass is 9.86. The molecule has 1 unspecified atom stereocenters. The van der Waals surface area contributed by atoms with Crippen molar-refractivity contribution < 1.29 is 0 Å². The van der Waals surface area contributed by atoms with Crippen LogP contribution in [0, 0.1) is 0 Å². The second-order valence-corrected chi connectivity index (χ2v) is 5.23. The molecule has 21 heavy (non-hydrogen) atoms. The molecule has 2 heterocycles. The number of aryl methyl sites for hydroxylation is 1. The molecule has 0 fully saturated rings. The fraction of sp³-hybridized carbons (Fsp3) is 0.267. The van der Waals surface area contributed by atoms with Crippen LogP contribution in [0.2, 0.25) is 0 Å². The van der Waals surface area contributed by atoms with Crippen LogP contribution in [0.5, 0.6) is 0 Å². The van der Waals surface area contributed by atoms with Gasteiger partial charge in [-0.15, -0.1) is 0 Å². The third kappa shape index (κ3) is 2.29. The summed E-state index contributed by atoms with van der Waals surface area (Å²) >= 11 is 0. The van der Waals surface area contributed by atoms with Crippen molar-refractivity contribution in [1.29, 1.82) is 0 Å². The fourth-order valence-electron chi connectivity index (χ4n) is 2.96. The van der Waals surface area contributed by atoms with E-state index in [0.29, 0.717) is 5.82 Å². The summed E-state index contributed by atoms with van der Waals surface area (Å²) in [6.45, 7) is 0. The zero-order chi connectivity index (χ0) is 14.1. The quantitative estimate of drug-likeness (QED) is 0.736. The highest BCUT2D eigenvalue weighted by Gasteiger charge is 2.26. The van der Waals surface area contributed by atoms with Gasteiger partial charge in [-0.2, -0.15) is 0 Å². The molecule has 2 aromatic rings. The van der Waals surface area contributed by atoms with Gasteiger partial charge in [0, 0.05) is 23.5 Å². The normalized spacial score (nSPS) is 19.0. The van der Waals surface area contributed by atoms with Crippen molar-refractivity contribution in [3.63, 3.8) is 0 Å². The van der Waals surface area contributed by atoms with Gasteiger partial charge in [0.1, 0.15) is 12.1 Å². The summed E-state index contributed by atoms with van der Waals surface area (Å²) in [7, 11) is 0. The molecule has 1 atom stereocenters. The molecule has 6 nitrogen and oxygen atoms in total. The minimum absolute atomic E-state index is 0.251. The number of nitrogens with zero attached hydrogens (tertiary/aromatic N) is 3. The maximum Gasteiger partial charge on any atom is 0.215 e. The fourth-order valence-corrected chi connectivity index (χ4v) is 2.96. The van der Waals surface area contributed by atoms with Crippen molar-refractivity contribution in [3.8, 4) is 0 Å². The monoisotopic (exact) mass is 280 g/mol. The van der Waals surface area contributed by atoms with Gasteiger partial charge in [0.2, 0.25) is 5.96 Å². The van der Waals surface area contributed by atoms with Crippen molar-refractivity contribution in [2.24, 2.45) is 4.99 Å². The number of benzene rings is 1. The van der Waals surface area contributed by atoms with E-state index >= 15 is 0 Å². The smallest absolute Gasteiger partial charge is 0.215 e. The molecule has 4 rings (SSSR count). The van der Waals surface area contributed by atoms with Gasteiger partial charge in [-0.3, -0.25) is 10.9 Å². The van der Waals surface area contributed by atoms with E-state index in [9.17, 15) is 0 Å². The molecule has 0 radical (unpaired) electrons. The molecule has 0 saturated carbocycles. The highest BCUT2D eigenvalue weighted by Crippen LogP contribution is 2.39. The van der Waals surface area contributed by atoms with E-state index < -0.39 is 0 Å². The van der Waals surface area contributed by atoms with E-state index in [1.54, 1.807) is 12.3 Å². The molecular weight excluding hydrogens is 264 g/mol. The molecule has 0 spiro atoms. The Labute approximate surface area is 122 Å². The molecule has 1 aliphatic heterocycles. The highest BCUT2D eigenvalue weighted by atomic mass is 15.4. The molecule has 0 bridgehead atoms. The predicted octanol–water partition coefficient (Wildman–Crippen LogP) is 2.25. The number of nitrogens with one attached hydrogen (secondary N) is 3. The largest absolute Gasteiger partial charge is 0.325 e. The number of aromatic nitrogens is 2. The Morgan fingerprint density at radius 3 is 3.10 bits per heavy atom. The van der Waals surface area contributed by atoms with Gasteiger partial charge in [0.25, 0.3) is 0 Å². The molecule has 2 aliphatic rings. The summed E-state index contributed by atoms with van der Waals surface area (Å²) in [6, 6.07) is 8.46. The zero-order valence-corrected chi connectivity index (χ0v) is 11.5. The van der Waals surface area contributed by atoms with Gasteiger partial charge in [0.15, 0.2) is 0 Å². The minimum Gasteiger partial charge on any atom is -0.325 e. The Kier molecular flexibility index (Phi) is 2.92. The van der Waals surface area contributed by atoms with Crippen LogP contribution in [0.25, 0.3) is 0 Å². The molecule has 1 aromatic heterocycles. The van der Waals surface area contributed by atoms with Gasteiger partial charge >= 0.3 is 0 Å². The summed E-state index contributed by atoms with van der Waals surface area (Å²) in [4.78, 5) is 12.7. The third-order valence-corrected chi connectivity index (χ3v) is 3.88. The van der Waals surface area contributed by atoms with Crippen molar-refractivity contribution in [2.75, 3.05) is 10.7 Å². The third-order valence-electron chi connectivity index (χ3n) is 3.88. The van der Waals surface area contributed by atoms with Crippen LogP contribution < -0.4 is 16.2 Å². The molecule has 6 heteroatoms. The SMILES string of the molecule is c1cc2c3c(c1)NC(NNc1ccncn1)=NC3CCC2. The minimum atomic E-state index is 0.251. The van der Waals surface area contributed by atoms with Crippen LogP contribution in [-0.2, 0) is 6.42 Å². The predicted molar refractivity (Wildman–Crippen MR) is 82.0 cm³/mol. The van der Waals surface area contributed by atoms with Crippen molar-refractivity contribution >= 4 is 17.5 Å². The summed E-state index contributed by atoms with van der Waals surface area (Å²) in [5.74, 6) is 1.43. The van der Waals surface area contributed by atoms with E-state index in [-0.39, 0.29) is 6.04 Å². The van der Waals surface area contributed by atoms with Crippen LogP contribution in [0.3, 0.4) is 0 Å². The Hall–Kier alpha value is -2.63. The molecule has 1 aromatic carbocycles. The molecular formula is C15H16N6. The first-order chi connectivity index (χ1) is 10.4. The van der Waals surface area contributed by atoms with Gasteiger partial charge < -0.3 is 5.32 Å². The van der Waals surface area contributed by atoms with Crippen molar-refractivity contribution in [1.82, 2.24) is 15.4 Å².